The van der Waals surface area contributed by atoms with Gasteiger partial charge in [0.05, 0.1) is 25.7 Å². The van der Waals surface area contributed by atoms with Crippen LogP contribution in [0.4, 0.5) is 0 Å². The number of ether oxygens (including phenoxy) is 2. The molecule has 0 spiro atoms. The van der Waals surface area contributed by atoms with Gasteiger partial charge in [0, 0.05) is 31.6 Å². The number of benzene rings is 1. The Morgan fingerprint density at radius 3 is 2.66 bits per heavy atom. The summed E-state index contributed by atoms with van der Waals surface area (Å²) in [5.74, 6) is -0.0929. The Hall–Kier alpha value is -2.28. The van der Waals surface area contributed by atoms with Crippen LogP contribution in [-0.4, -0.2) is 67.5 Å². The predicted octanol–water partition coefficient (Wildman–Crippen LogP) is 2.76. The number of esters is 1. The molecule has 1 aromatic carbocycles. The highest BCUT2D eigenvalue weighted by Gasteiger charge is 2.30. The highest BCUT2D eigenvalue weighted by Crippen LogP contribution is 2.18. The zero-order valence-electron chi connectivity index (χ0n) is 17.1. The summed E-state index contributed by atoms with van der Waals surface area (Å²) in [6.07, 6.45) is 2.33. The molecule has 7 nitrogen and oxygen atoms in total. The van der Waals surface area contributed by atoms with E-state index in [1.807, 2.05) is 0 Å². The fourth-order valence-corrected chi connectivity index (χ4v) is 3.31. The van der Waals surface area contributed by atoms with Gasteiger partial charge in [-0.3, -0.25) is 14.4 Å². The van der Waals surface area contributed by atoms with E-state index >= 15 is 0 Å². The second-order valence-corrected chi connectivity index (χ2v) is 7.52. The van der Waals surface area contributed by atoms with Crippen molar-refractivity contribution in [2.45, 2.75) is 32.6 Å². The van der Waals surface area contributed by atoms with Crippen LogP contribution in [0.1, 0.15) is 32.6 Å². The third kappa shape index (κ3) is 7.57. The second kappa shape index (κ2) is 11.7. The number of hydrogen-bond donors (Lipinski definition) is 0. The SMILES string of the molecule is CCOC(=O)C1CCCN(C(=O)CN(C)C(=O)CCCOc2ccc(Cl)cc2)C1. The first-order valence-electron chi connectivity index (χ1n) is 9.97. The van der Waals surface area contributed by atoms with Gasteiger partial charge in [-0.05, 0) is 50.5 Å². The van der Waals surface area contributed by atoms with E-state index in [0.29, 0.717) is 49.9 Å². The van der Waals surface area contributed by atoms with Crippen molar-refractivity contribution in [1.29, 1.82) is 0 Å². The van der Waals surface area contributed by atoms with Crippen molar-refractivity contribution in [2.75, 3.05) is 39.9 Å². The van der Waals surface area contributed by atoms with Crippen molar-refractivity contribution >= 4 is 29.4 Å². The molecule has 1 aromatic rings. The maximum absolute atomic E-state index is 12.5. The summed E-state index contributed by atoms with van der Waals surface area (Å²) >= 11 is 5.82. The van der Waals surface area contributed by atoms with Crippen LogP contribution in [0.5, 0.6) is 5.75 Å². The van der Waals surface area contributed by atoms with Gasteiger partial charge in [0.2, 0.25) is 11.8 Å². The summed E-state index contributed by atoms with van der Waals surface area (Å²) in [6.45, 7) is 3.47. The number of likely N-dealkylation sites (tertiary alicyclic amines) is 1. The Morgan fingerprint density at radius 1 is 1.24 bits per heavy atom. The zero-order chi connectivity index (χ0) is 21.2. The van der Waals surface area contributed by atoms with Crippen LogP contribution in [0, 0.1) is 5.92 Å². The molecule has 0 saturated carbocycles. The monoisotopic (exact) mass is 424 g/mol. The summed E-state index contributed by atoms with van der Waals surface area (Å²) in [4.78, 5) is 39.8. The Morgan fingerprint density at radius 2 is 1.97 bits per heavy atom. The first-order chi connectivity index (χ1) is 13.9. The molecule has 8 heteroatoms. The summed E-state index contributed by atoms with van der Waals surface area (Å²) in [5, 5.41) is 0.640. The number of carbonyl (C=O) groups excluding carboxylic acids is 3. The Kier molecular flexibility index (Phi) is 9.25. The molecule has 1 heterocycles. The van der Waals surface area contributed by atoms with Gasteiger partial charge in [0.1, 0.15) is 5.75 Å². The second-order valence-electron chi connectivity index (χ2n) is 7.09. The zero-order valence-corrected chi connectivity index (χ0v) is 17.8. The molecule has 2 amide bonds. The van der Waals surface area contributed by atoms with E-state index in [-0.39, 0.29) is 30.2 Å². The molecule has 1 aliphatic rings. The maximum Gasteiger partial charge on any atom is 0.310 e. The van der Waals surface area contributed by atoms with Crippen LogP contribution in [0.3, 0.4) is 0 Å². The minimum absolute atomic E-state index is 0.00637. The fourth-order valence-electron chi connectivity index (χ4n) is 3.18. The number of likely N-dealkylation sites (N-methyl/N-ethyl adjacent to an activating group) is 1. The van der Waals surface area contributed by atoms with Crippen LogP contribution >= 0.6 is 11.6 Å². The fraction of sp³-hybridized carbons (Fsp3) is 0.571. The molecule has 1 unspecified atom stereocenters. The van der Waals surface area contributed by atoms with Crippen LogP contribution in [-0.2, 0) is 19.1 Å². The van der Waals surface area contributed by atoms with Crippen molar-refractivity contribution in [3.05, 3.63) is 29.3 Å². The standard InChI is InChI=1S/C21H29ClN2O5/c1-3-28-21(27)16-6-4-12-24(14-16)20(26)15-23(2)19(25)7-5-13-29-18-10-8-17(22)9-11-18/h8-11,16H,3-7,12-15H2,1-2H3. The number of amides is 2. The van der Waals surface area contributed by atoms with Crippen LogP contribution in [0.25, 0.3) is 0 Å². The highest BCUT2D eigenvalue weighted by atomic mass is 35.5. The molecular formula is C21H29ClN2O5. The third-order valence-electron chi connectivity index (χ3n) is 4.81. The van der Waals surface area contributed by atoms with Gasteiger partial charge >= 0.3 is 5.97 Å². The van der Waals surface area contributed by atoms with Gasteiger partial charge in [-0.1, -0.05) is 11.6 Å². The summed E-state index contributed by atoms with van der Waals surface area (Å²) in [5.41, 5.74) is 0. The minimum Gasteiger partial charge on any atom is -0.494 e. The summed E-state index contributed by atoms with van der Waals surface area (Å²) in [7, 11) is 1.62. The van der Waals surface area contributed by atoms with Crippen molar-refractivity contribution in [3.63, 3.8) is 0 Å². The van der Waals surface area contributed by atoms with Crippen LogP contribution < -0.4 is 4.74 Å². The van der Waals surface area contributed by atoms with Crippen molar-refractivity contribution < 1.29 is 23.9 Å². The molecule has 0 bridgehead atoms. The van der Waals surface area contributed by atoms with Crippen molar-refractivity contribution in [3.8, 4) is 5.75 Å². The molecule has 0 aliphatic carbocycles. The molecule has 0 N–H and O–H groups in total. The lowest BCUT2D eigenvalue weighted by atomic mass is 9.98. The lowest BCUT2D eigenvalue weighted by Gasteiger charge is -2.32. The molecular weight excluding hydrogens is 396 g/mol. The van der Waals surface area contributed by atoms with E-state index in [1.54, 1.807) is 43.1 Å². The Balaban J connectivity index is 1.70. The van der Waals surface area contributed by atoms with Gasteiger partial charge in [0.25, 0.3) is 0 Å². The van der Waals surface area contributed by atoms with E-state index < -0.39 is 0 Å². The predicted molar refractivity (Wildman–Crippen MR) is 110 cm³/mol. The molecule has 1 fully saturated rings. The molecule has 29 heavy (non-hydrogen) atoms. The average Bonchev–Trinajstić information content (AvgIpc) is 2.72. The van der Waals surface area contributed by atoms with E-state index in [4.69, 9.17) is 21.1 Å². The number of hydrogen-bond acceptors (Lipinski definition) is 5. The number of rotatable bonds is 9. The first kappa shape index (κ1) is 23.0. The number of carbonyl (C=O) groups is 3. The summed E-state index contributed by atoms with van der Waals surface area (Å²) < 4.78 is 10.6. The van der Waals surface area contributed by atoms with E-state index in [1.165, 1.54) is 4.90 Å². The van der Waals surface area contributed by atoms with E-state index in [0.717, 1.165) is 12.8 Å². The van der Waals surface area contributed by atoms with Gasteiger partial charge in [0.15, 0.2) is 0 Å². The molecule has 1 aliphatic heterocycles. The molecule has 2 rings (SSSR count). The minimum atomic E-state index is -0.279. The van der Waals surface area contributed by atoms with Crippen molar-refractivity contribution in [1.82, 2.24) is 9.80 Å². The third-order valence-corrected chi connectivity index (χ3v) is 5.06. The van der Waals surface area contributed by atoms with Gasteiger partial charge in [-0.25, -0.2) is 0 Å². The largest absolute Gasteiger partial charge is 0.494 e. The molecule has 1 atom stereocenters. The smallest absolute Gasteiger partial charge is 0.310 e. The highest BCUT2D eigenvalue weighted by molar-refractivity contribution is 6.30. The summed E-state index contributed by atoms with van der Waals surface area (Å²) in [6, 6.07) is 7.04. The lowest BCUT2D eigenvalue weighted by Crippen LogP contribution is -2.47. The van der Waals surface area contributed by atoms with E-state index in [9.17, 15) is 14.4 Å². The molecule has 0 radical (unpaired) electrons. The van der Waals surface area contributed by atoms with Gasteiger partial charge < -0.3 is 19.3 Å². The van der Waals surface area contributed by atoms with Crippen molar-refractivity contribution in [2.24, 2.45) is 5.92 Å². The maximum atomic E-state index is 12.5. The first-order valence-corrected chi connectivity index (χ1v) is 10.3. The molecule has 1 saturated heterocycles. The van der Waals surface area contributed by atoms with E-state index in [2.05, 4.69) is 0 Å². The van der Waals surface area contributed by atoms with Crippen LogP contribution in [0.2, 0.25) is 5.02 Å². The topological polar surface area (TPSA) is 76.2 Å². The van der Waals surface area contributed by atoms with Gasteiger partial charge in [-0.15, -0.1) is 0 Å². The Labute approximate surface area is 176 Å². The molecule has 160 valence electrons. The number of nitrogens with zero attached hydrogens (tertiary/aromatic N) is 2. The molecule has 0 aromatic heterocycles. The quantitative estimate of drug-likeness (QED) is 0.450. The Bertz CT molecular complexity index is 695. The normalized spacial score (nSPS) is 16.2. The number of halogens is 1. The number of piperidine rings is 1. The van der Waals surface area contributed by atoms with Crippen LogP contribution in [0.15, 0.2) is 24.3 Å². The lowest BCUT2D eigenvalue weighted by molar-refractivity contribution is -0.152. The van der Waals surface area contributed by atoms with Gasteiger partial charge in [-0.2, -0.15) is 0 Å². The average molecular weight is 425 g/mol.